The molecule has 1 aromatic rings. The van der Waals surface area contributed by atoms with Crippen molar-refractivity contribution in [3.8, 4) is 0 Å². The molecule has 0 spiro atoms. The Morgan fingerprint density at radius 3 is 2.79 bits per heavy atom. The average molecular weight is 447 g/mol. The van der Waals surface area contributed by atoms with E-state index in [0.717, 1.165) is 38.2 Å². The molecule has 1 aliphatic heterocycles. The van der Waals surface area contributed by atoms with Gasteiger partial charge in [0.05, 0.1) is 16.7 Å². The topological polar surface area (TPSA) is 111 Å². The number of halogens is 1. The number of hydrogen-bond acceptors (Lipinski definition) is 6. The summed E-state index contributed by atoms with van der Waals surface area (Å²) in [6.45, 7) is 2.88. The molecular weight excluding hydrogens is 420 g/mol. The summed E-state index contributed by atoms with van der Waals surface area (Å²) in [6, 6.07) is 3.80. The van der Waals surface area contributed by atoms with Gasteiger partial charge in [-0.3, -0.25) is 4.79 Å². The molecule has 1 unspecified atom stereocenters. The van der Waals surface area contributed by atoms with E-state index in [1.165, 1.54) is 12.1 Å². The zero-order valence-electron chi connectivity index (χ0n) is 16.4. The number of esters is 1. The minimum Gasteiger partial charge on any atom is -0.452 e. The molecule has 0 saturated carbocycles. The van der Waals surface area contributed by atoms with E-state index in [-0.39, 0.29) is 28.1 Å². The van der Waals surface area contributed by atoms with Crippen molar-refractivity contribution in [1.29, 1.82) is 0 Å². The summed E-state index contributed by atoms with van der Waals surface area (Å²) < 4.78 is 37.9. The Balaban J connectivity index is 1.94. The summed E-state index contributed by atoms with van der Waals surface area (Å²) in [5.41, 5.74) is -0.00863. The van der Waals surface area contributed by atoms with Gasteiger partial charge in [-0.2, -0.15) is 0 Å². The predicted molar refractivity (Wildman–Crippen MR) is 108 cm³/mol. The van der Waals surface area contributed by atoms with Crippen molar-refractivity contribution in [2.75, 3.05) is 26.3 Å². The Morgan fingerprint density at radius 2 is 2.10 bits per heavy atom. The second kappa shape index (κ2) is 11.5. The van der Waals surface area contributed by atoms with E-state index < -0.39 is 28.5 Å². The fourth-order valence-electron chi connectivity index (χ4n) is 2.79. The summed E-state index contributed by atoms with van der Waals surface area (Å²) in [6.07, 6.45) is 4.39. The van der Waals surface area contributed by atoms with E-state index in [4.69, 9.17) is 21.1 Å². The summed E-state index contributed by atoms with van der Waals surface area (Å²) in [5, 5.41) is 2.64. The van der Waals surface area contributed by atoms with Crippen LogP contribution in [0, 0.1) is 0 Å². The molecule has 1 aliphatic rings. The fraction of sp³-hybridized carbons (Fsp3) is 0.579. The van der Waals surface area contributed by atoms with Crippen LogP contribution in [0.15, 0.2) is 23.1 Å². The third-order valence-corrected chi connectivity index (χ3v) is 6.32. The van der Waals surface area contributed by atoms with Gasteiger partial charge in [0.25, 0.3) is 5.91 Å². The van der Waals surface area contributed by atoms with Crippen LogP contribution in [-0.2, 0) is 24.3 Å². The van der Waals surface area contributed by atoms with E-state index in [0.29, 0.717) is 13.2 Å². The van der Waals surface area contributed by atoms with Gasteiger partial charge in [-0.15, -0.1) is 0 Å². The van der Waals surface area contributed by atoms with Crippen LogP contribution < -0.4 is 10.0 Å². The number of rotatable bonds is 11. The first-order chi connectivity index (χ1) is 13.8. The van der Waals surface area contributed by atoms with Crippen molar-refractivity contribution in [2.45, 2.75) is 50.0 Å². The van der Waals surface area contributed by atoms with Gasteiger partial charge in [0.15, 0.2) is 6.61 Å². The van der Waals surface area contributed by atoms with Crippen molar-refractivity contribution in [3.63, 3.8) is 0 Å². The normalized spacial score (nSPS) is 16.6. The number of unbranched alkanes of at least 4 members (excludes halogenated alkanes) is 2. The lowest BCUT2D eigenvalue weighted by atomic mass is 10.2. The second-order valence-corrected chi connectivity index (χ2v) is 8.91. The lowest BCUT2D eigenvalue weighted by Crippen LogP contribution is -2.32. The van der Waals surface area contributed by atoms with Crippen molar-refractivity contribution >= 4 is 33.5 Å². The molecule has 1 fully saturated rings. The van der Waals surface area contributed by atoms with Crippen molar-refractivity contribution < 1.29 is 27.5 Å². The van der Waals surface area contributed by atoms with Crippen LogP contribution in [0.5, 0.6) is 0 Å². The largest absolute Gasteiger partial charge is 0.452 e. The lowest BCUT2D eigenvalue weighted by Gasteiger charge is -2.13. The van der Waals surface area contributed by atoms with Gasteiger partial charge < -0.3 is 14.8 Å². The first kappa shape index (κ1) is 23.6. The van der Waals surface area contributed by atoms with E-state index in [1.54, 1.807) is 0 Å². The Kier molecular flexibility index (Phi) is 9.35. The van der Waals surface area contributed by atoms with Crippen LogP contribution in [0.2, 0.25) is 5.02 Å². The highest BCUT2D eigenvalue weighted by Crippen LogP contribution is 2.23. The molecule has 2 N–H and O–H groups in total. The number of ether oxygens (including phenoxy) is 2. The molecule has 8 nitrogen and oxygen atoms in total. The Morgan fingerprint density at radius 1 is 1.31 bits per heavy atom. The average Bonchev–Trinajstić information content (AvgIpc) is 3.22. The molecule has 1 amide bonds. The molecular formula is C19H27ClN2O6S. The van der Waals surface area contributed by atoms with Crippen LogP contribution in [0.4, 0.5) is 0 Å². The number of hydrogen-bond donors (Lipinski definition) is 2. The highest BCUT2D eigenvalue weighted by atomic mass is 35.5. The smallest absolute Gasteiger partial charge is 0.338 e. The van der Waals surface area contributed by atoms with Gasteiger partial charge in [0.1, 0.15) is 4.90 Å². The third kappa shape index (κ3) is 7.58. The highest BCUT2D eigenvalue weighted by molar-refractivity contribution is 7.89. The van der Waals surface area contributed by atoms with E-state index in [2.05, 4.69) is 17.0 Å². The van der Waals surface area contributed by atoms with Crippen LogP contribution in [0.1, 0.15) is 49.4 Å². The summed E-state index contributed by atoms with van der Waals surface area (Å²) in [7, 11) is -3.93. The number of benzene rings is 1. The molecule has 0 radical (unpaired) electrons. The minimum atomic E-state index is -3.93. The number of nitrogens with one attached hydrogen (secondary N) is 2. The number of amides is 1. The standard InChI is InChI=1S/C19H27ClN2O6S/c1-2-3-4-9-21-18(23)13-28-19(24)14-7-8-16(20)17(11-14)29(25,26)22-12-15-6-5-10-27-15/h7-8,11,15,22H,2-6,9-10,12-13H2,1H3,(H,21,23). The van der Waals surface area contributed by atoms with E-state index in [1.807, 2.05) is 0 Å². The monoisotopic (exact) mass is 446 g/mol. The Labute approximate surface area is 176 Å². The minimum absolute atomic E-state index is 0.00863. The fourth-order valence-corrected chi connectivity index (χ4v) is 4.38. The van der Waals surface area contributed by atoms with Gasteiger partial charge in [0, 0.05) is 19.7 Å². The highest BCUT2D eigenvalue weighted by Gasteiger charge is 2.23. The molecule has 10 heteroatoms. The molecule has 0 aliphatic carbocycles. The molecule has 2 rings (SSSR count). The van der Waals surface area contributed by atoms with Crippen LogP contribution in [0.3, 0.4) is 0 Å². The third-order valence-electron chi connectivity index (χ3n) is 4.42. The number of carbonyl (C=O) groups excluding carboxylic acids is 2. The molecule has 29 heavy (non-hydrogen) atoms. The summed E-state index contributed by atoms with van der Waals surface area (Å²) >= 11 is 6.02. The quantitative estimate of drug-likeness (QED) is 0.398. The molecule has 1 aromatic carbocycles. The van der Waals surface area contributed by atoms with Crippen molar-refractivity contribution in [2.24, 2.45) is 0 Å². The molecule has 0 bridgehead atoms. The van der Waals surface area contributed by atoms with Gasteiger partial charge in [0.2, 0.25) is 10.0 Å². The molecule has 1 saturated heterocycles. The second-order valence-electron chi connectivity index (χ2n) is 6.77. The Bertz CT molecular complexity index is 809. The van der Waals surface area contributed by atoms with Crippen molar-refractivity contribution in [1.82, 2.24) is 10.0 Å². The van der Waals surface area contributed by atoms with Gasteiger partial charge in [-0.25, -0.2) is 17.9 Å². The van der Waals surface area contributed by atoms with E-state index in [9.17, 15) is 18.0 Å². The van der Waals surface area contributed by atoms with Crippen LogP contribution in [-0.4, -0.2) is 52.7 Å². The maximum absolute atomic E-state index is 12.6. The van der Waals surface area contributed by atoms with Crippen molar-refractivity contribution in [3.05, 3.63) is 28.8 Å². The number of carbonyl (C=O) groups is 2. The predicted octanol–water partition coefficient (Wildman–Crippen LogP) is 2.26. The summed E-state index contributed by atoms with van der Waals surface area (Å²) in [4.78, 5) is 23.7. The zero-order chi connectivity index (χ0) is 21.3. The Hall–Kier alpha value is -1.68. The SMILES string of the molecule is CCCCCNC(=O)COC(=O)c1ccc(Cl)c(S(=O)(=O)NCC2CCCO2)c1. The van der Waals surface area contributed by atoms with Gasteiger partial charge >= 0.3 is 5.97 Å². The molecule has 0 aromatic heterocycles. The zero-order valence-corrected chi connectivity index (χ0v) is 18.0. The summed E-state index contributed by atoms with van der Waals surface area (Å²) in [5.74, 6) is -1.21. The van der Waals surface area contributed by atoms with Gasteiger partial charge in [-0.1, -0.05) is 31.4 Å². The molecule has 1 heterocycles. The van der Waals surface area contributed by atoms with Crippen LogP contribution in [0.25, 0.3) is 0 Å². The lowest BCUT2D eigenvalue weighted by molar-refractivity contribution is -0.124. The molecule has 1 atom stereocenters. The maximum Gasteiger partial charge on any atom is 0.338 e. The van der Waals surface area contributed by atoms with Crippen LogP contribution >= 0.6 is 11.6 Å². The molecule has 162 valence electrons. The van der Waals surface area contributed by atoms with E-state index >= 15 is 0 Å². The first-order valence-electron chi connectivity index (χ1n) is 9.68. The first-order valence-corrected chi connectivity index (χ1v) is 11.5. The maximum atomic E-state index is 12.6. The number of sulfonamides is 1. The van der Waals surface area contributed by atoms with Gasteiger partial charge in [-0.05, 0) is 37.5 Å².